The van der Waals surface area contributed by atoms with E-state index in [1.54, 1.807) is 0 Å². The van der Waals surface area contributed by atoms with Crippen LogP contribution < -0.4 is 58.1 Å². The van der Waals surface area contributed by atoms with E-state index in [-0.39, 0.29) is 11.1 Å². The number of hydrogen-bond acceptors (Lipinski definition) is 15. The van der Waals surface area contributed by atoms with Gasteiger partial charge in [0.15, 0.2) is 0 Å². The van der Waals surface area contributed by atoms with Gasteiger partial charge in [0.05, 0.1) is 0 Å². The van der Waals surface area contributed by atoms with Crippen molar-refractivity contribution < 1.29 is 53.5 Å². The summed E-state index contributed by atoms with van der Waals surface area (Å²) in [4.78, 5) is 0. The maximum Gasteiger partial charge on any atom is 0.515 e. The fourth-order valence-corrected chi connectivity index (χ4v) is 64.4. The van der Waals surface area contributed by atoms with Crippen LogP contribution in [-0.2, 0) is 53.5 Å². The summed E-state index contributed by atoms with van der Waals surface area (Å²) in [7, 11) is -43.3. The lowest BCUT2D eigenvalue weighted by atomic mass is 10.0. The predicted molar refractivity (Wildman–Crippen MR) is 369 cm³/mol. The molecule has 0 amide bonds. The molecule has 15 rings (SSSR count). The minimum atomic E-state index is -5.22. The first kappa shape index (κ1) is 61.4. The highest BCUT2D eigenvalue weighted by Gasteiger charge is 2.80. The van der Waals surface area contributed by atoms with E-state index in [1.165, 1.54) is 0 Å². The maximum atomic E-state index is 8.88. The van der Waals surface area contributed by atoms with Crippen molar-refractivity contribution in [3.05, 3.63) is 261 Å². The van der Waals surface area contributed by atoms with Gasteiger partial charge in [-0.2, -0.15) is 0 Å². The van der Waals surface area contributed by atoms with Crippen LogP contribution in [0.5, 0.6) is 0 Å². The maximum absolute atomic E-state index is 8.88. The zero-order valence-electron chi connectivity index (χ0n) is 50.0. The van der Waals surface area contributed by atoms with E-state index in [0.29, 0.717) is 47.7 Å². The number of benzene rings is 9. The number of anilines is 2. The topological polar surface area (TPSA) is 172 Å². The fraction of sp³-hybridized carbons (Fsp3) is 0.182. The second kappa shape index (κ2) is 25.5. The van der Waals surface area contributed by atoms with Gasteiger partial charge in [-0.15, -0.1) is 0 Å². The summed E-state index contributed by atoms with van der Waals surface area (Å²) in [6, 6.07) is 85.6. The average molecular weight is 1380 g/mol. The van der Waals surface area contributed by atoms with Crippen LogP contribution >= 0.6 is 0 Å². The van der Waals surface area contributed by atoms with Gasteiger partial charge in [0.2, 0.25) is 0 Å². The van der Waals surface area contributed by atoms with Crippen molar-refractivity contribution in [3.8, 4) is 0 Å². The molecule has 4 heterocycles. The Morgan fingerprint density at radius 1 is 0.286 bits per heavy atom. The van der Waals surface area contributed by atoms with Gasteiger partial charge in [-0.25, -0.2) is 0 Å². The Balaban J connectivity index is 1.19. The highest BCUT2D eigenvalue weighted by molar-refractivity contribution is 7.10. The largest absolute Gasteiger partial charge is 0.515 e. The molecule has 6 fully saturated rings. The van der Waals surface area contributed by atoms with Crippen molar-refractivity contribution in [2.24, 2.45) is 0 Å². The third-order valence-corrected chi connectivity index (χ3v) is 56.9. The van der Waals surface area contributed by atoms with E-state index in [9.17, 15) is 0 Å². The smallest absolute Gasteiger partial charge is 0.410 e. The van der Waals surface area contributed by atoms with E-state index in [2.05, 4.69) is 12.1 Å². The van der Waals surface area contributed by atoms with Crippen LogP contribution in [0.2, 0.25) is 11.1 Å². The van der Waals surface area contributed by atoms with Gasteiger partial charge in [-0.1, -0.05) is 275 Å². The summed E-state index contributed by atoms with van der Waals surface area (Å²) in [5.41, 5.74) is 14.7. The normalized spacial score (nSPS) is 31.0. The molecule has 6 unspecified atom stereocenters. The molecular weight excluding hydrogens is 1310 g/mol. The first-order valence-electron chi connectivity index (χ1n) is 31.4. The standard InChI is InChI=1S/C66H69N2O13Si10/c67-54-30-28-50-65(52-54)84(57-34-12-2-13-35-57)69-82-70-86(59-38-16-4-17-39-59)76-87(60-40-18-5-19-41-60)71-83(56-32-10-1-11-33-56)72-88(61-42-20-6-21-43-61)78-89(73-84,62-44-22-7-23-45-62)80-91(77-86,64-48-26-9-27-49-64)81-90(79-88,63-46-24-8-25-47-63)75-85(74-87,58-36-14-3-15-37-58)66-51-29-31-55(68)53-66/h1,4-11,16-33,38-53,57-58H,2-3,12-15,34-37,67-68H2/t84-,85+,86?,87?,88?,89?,90?,91?/m1/s1. The monoisotopic (exact) mass is 1380 g/mol. The molecule has 0 aromatic heterocycles. The summed E-state index contributed by atoms with van der Waals surface area (Å²) < 4.78 is 112. The summed E-state index contributed by atoms with van der Waals surface area (Å²) in [6.45, 7) is 0. The molecule has 0 spiro atoms. The lowest BCUT2D eigenvalue weighted by Crippen LogP contribution is -2.90. The summed E-state index contributed by atoms with van der Waals surface area (Å²) in [6.07, 6.45) is 8.71. The van der Waals surface area contributed by atoms with Crippen molar-refractivity contribution in [1.82, 2.24) is 0 Å². The van der Waals surface area contributed by atoms with Crippen molar-refractivity contribution in [2.45, 2.75) is 75.3 Å². The number of rotatable bonds is 11. The zero-order valence-corrected chi connectivity index (χ0v) is 60.0. The lowest BCUT2D eigenvalue weighted by Gasteiger charge is -2.58. The zero-order chi connectivity index (χ0) is 61.5. The van der Waals surface area contributed by atoms with E-state index in [4.69, 9.17) is 65.0 Å². The van der Waals surface area contributed by atoms with Gasteiger partial charge >= 0.3 is 89.2 Å². The molecule has 15 nitrogen and oxygen atoms in total. The Morgan fingerprint density at radius 3 is 1.01 bits per heavy atom. The van der Waals surface area contributed by atoms with Gasteiger partial charge in [0.1, 0.15) is 0 Å². The first-order chi connectivity index (χ1) is 44.6. The molecule has 461 valence electrons. The molecule has 91 heavy (non-hydrogen) atoms. The molecule has 8 atom stereocenters. The van der Waals surface area contributed by atoms with Crippen LogP contribution in [0, 0.1) is 0 Å². The van der Waals surface area contributed by atoms with Crippen molar-refractivity contribution in [3.63, 3.8) is 0 Å². The highest BCUT2D eigenvalue weighted by Crippen LogP contribution is 2.49. The second-order valence-corrected chi connectivity index (χ2v) is 51.4. The third kappa shape index (κ3) is 11.5. The molecule has 2 saturated carbocycles. The molecule has 4 saturated heterocycles. The minimum Gasteiger partial charge on any atom is -0.410 e. The summed E-state index contributed by atoms with van der Waals surface area (Å²) in [5, 5.41) is 5.71. The van der Waals surface area contributed by atoms with E-state index in [1.807, 2.05) is 249 Å². The average Bonchev–Trinajstić information content (AvgIpc) is 0.694. The molecule has 6 aliphatic rings. The molecule has 2 aliphatic carbocycles. The second-order valence-electron chi connectivity index (χ2n) is 23.9. The van der Waals surface area contributed by atoms with Gasteiger partial charge in [-0.05, 0) is 65.5 Å². The Hall–Kier alpha value is -5.77. The summed E-state index contributed by atoms with van der Waals surface area (Å²) in [5.74, 6) is 0. The van der Waals surface area contributed by atoms with Crippen LogP contribution in [0.25, 0.3) is 0 Å². The molecule has 6 bridgehead atoms. The van der Waals surface area contributed by atoms with Crippen LogP contribution in [0.4, 0.5) is 11.4 Å². The fourth-order valence-electron chi connectivity index (χ4n) is 13.6. The Bertz CT molecular complexity index is 3950. The molecule has 4 N–H and O–H groups in total. The number of fused-ring (bicyclic) bond motifs is 6. The molecule has 3 radical (unpaired) electrons. The van der Waals surface area contributed by atoms with Gasteiger partial charge in [0, 0.05) is 53.6 Å². The molecule has 9 aromatic rings. The molecule has 25 heteroatoms. The van der Waals surface area contributed by atoms with E-state index in [0.717, 1.165) is 74.6 Å². The van der Waals surface area contributed by atoms with Crippen LogP contribution in [0.15, 0.2) is 261 Å². The SMILES string of the molecule is Nc1cccc([Si@@]2(C3CCCCC3)O[Si]3(c4ccccc4)O[Si](c4ccccc4)O[Si]4(c5ccccc5)O[Si](c5ccccc5)(O[Si]5(c6ccccc6)O[Si](c6ccccc6)(O[Si]O[Si@](c6cccc(N)c6)(C6CCCCC6)O[Si](c6ccccc6)(O4)O5)O3)O2)c1. The van der Waals surface area contributed by atoms with Gasteiger partial charge in [-0.3, -0.25) is 0 Å². The van der Waals surface area contributed by atoms with Crippen LogP contribution in [0.3, 0.4) is 0 Å². The van der Waals surface area contributed by atoms with Gasteiger partial charge in [0.25, 0.3) is 0 Å². The van der Waals surface area contributed by atoms with Crippen molar-refractivity contribution in [2.75, 3.05) is 11.5 Å². The number of nitrogen functional groups attached to an aromatic ring is 2. The van der Waals surface area contributed by atoms with Crippen LogP contribution in [0.1, 0.15) is 64.2 Å². The Kier molecular flexibility index (Phi) is 17.2. The number of hydrogen-bond donors (Lipinski definition) is 2. The Morgan fingerprint density at radius 2 is 0.582 bits per heavy atom. The lowest BCUT2D eigenvalue weighted by molar-refractivity contribution is 0.0599. The quantitative estimate of drug-likeness (QED) is 0.102. The summed E-state index contributed by atoms with van der Waals surface area (Å²) >= 11 is 0. The Labute approximate surface area is 544 Å². The van der Waals surface area contributed by atoms with Crippen LogP contribution in [-0.4, -0.2) is 89.2 Å². The highest BCUT2D eigenvalue weighted by atomic mass is 28.6. The minimum absolute atomic E-state index is 0.191. The molecule has 9 aromatic carbocycles. The van der Waals surface area contributed by atoms with Gasteiger partial charge < -0.3 is 65.0 Å². The number of nitrogens with two attached hydrogens (primary N) is 2. The molecular formula is C66H69N2O13Si10. The predicted octanol–water partition coefficient (Wildman–Crippen LogP) is 6.79. The van der Waals surface area contributed by atoms with E-state index < -0.39 is 89.2 Å². The van der Waals surface area contributed by atoms with Crippen molar-refractivity contribution in [1.29, 1.82) is 0 Å². The third-order valence-electron chi connectivity index (χ3n) is 17.9. The van der Waals surface area contributed by atoms with Crippen molar-refractivity contribution >= 4 is 147 Å². The molecule has 4 aliphatic heterocycles. The van der Waals surface area contributed by atoms with E-state index >= 15 is 0 Å². The first-order valence-corrected chi connectivity index (χ1v) is 47.6.